The van der Waals surface area contributed by atoms with Crippen LogP contribution in [0.5, 0.6) is 0 Å². The van der Waals surface area contributed by atoms with Crippen LogP contribution >= 0.6 is 24.8 Å². The molecule has 0 unspecified atom stereocenters. The zero-order valence-electron chi connectivity index (χ0n) is 15.3. The third kappa shape index (κ3) is 3.57. The smallest absolute Gasteiger partial charge is 0.248 e. The van der Waals surface area contributed by atoms with E-state index in [0.29, 0.717) is 28.1 Å². The molecule has 29 heavy (non-hydrogen) atoms. The molecule has 0 bridgehead atoms. The molecule has 6 nitrogen and oxygen atoms in total. The number of primary amides is 1. The highest BCUT2D eigenvalue weighted by molar-refractivity contribution is 5.96. The van der Waals surface area contributed by atoms with Crippen molar-refractivity contribution < 1.29 is 9.18 Å². The van der Waals surface area contributed by atoms with Gasteiger partial charge < -0.3 is 16.0 Å². The molecule has 1 fully saturated rings. The summed E-state index contributed by atoms with van der Waals surface area (Å²) in [5, 5.41) is 3.39. The lowest BCUT2D eigenvalue weighted by atomic mass is 10.0. The first kappa shape index (κ1) is 21.1. The van der Waals surface area contributed by atoms with Gasteiger partial charge in [0.25, 0.3) is 0 Å². The van der Waals surface area contributed by atoms with E-state index in [0.717, 1.165) is 30.5 Å². The number of carbonyl (C=O) groups is 1. The van der Waals surface area contributed by atoms with Gasteiger partial charge in [0.2, 0.25) is 11.7 Å². The fourth-order valence-electron chi connectivity index (χ4n) is 3.83. The second kappa shape index (κ2) is 8.02. The number of rotatable bonds is 3. The van der Waals surface area contributed by atoms with Crippen LogP contribution < -0.4 is 11.1 Å². The van der Waals surface area contributed by atoms with Gasteiger partial charge >= 0.3 is 0 Å². The minimum Gasteiger partial charge on any atom is -0.366 e. The van der Waals surface area contributed by atoms with Gasteiger partial charge in [0.05, 0.1) is 16.7 Å². The lowest BCUT2D eigenvalue weighted by Gasteiger charge is -2.11. The van der Waals surface area contributed by atoms with Gasteiger partial charge in [-0.25, -0.2) is 9.37 Å². The van der Waals surface area contributed by atoms with E-state index in [1.807, 2.05) is 22.7 Å². The Morgan fingerprint density at radius 1 is 1.21 bits per heavy atom. The minimum atomic E-state index is -0.492. The number of carbonyl (C=O) groups excluding carboxylic acids is 1. The zero-order chi connectivity index (χ0) is 18.5. The normalized spacial score (nSPS) is 16.0. The van der Waals surface area contributed by atoms with E-state index in [2.05, 4.69) is 15.3 Å². The van der Waals surface area contributed by atoms with E-state index in [1.54, 1.807) is 24.3 Å². The summed E-state index contributed by atoms with van der Waals surface area (Å²) in [5.74, 6) is -0.165. The maximum absolute atomic E-state index is 14.8. The molecule has 1 amide bonds. The maximum atomic E-state index is 14.8. The van der Waals surface area contributed by atoms with Crippen molar-refractivity contribution in [3.63, 3.8) is 0 Å². The molecular weight excluding hydrogens is 416 g/mol. The number of amides is 1. The van der Waals surface area contributed by atoms with Crippen molar-refractivity contribution in [2.24, 2.45) is 5.73 Å². The van der Waals surface area contributed by atoms with Crippen LogP contribution in [0.15, 0.2) is 42.6 Å². The number of aromatic nitrogens is 3. The average molecular weight is 436 g/mol. The van der Waals surface area contributed by atoms with Crippen molar-refractivity contribution in [1.82, 2.24) is 19.7 Å². The topological polar surface area (TPSA) is 88.2 Å². The minimum absolute atomic E-state index is 0. The second-order valence-corrected chi connectivity index (χ2v) is 6.93. The van der Waals surface area contributed by atoms with E-state index in [1.165, 1.54) is 0 Å². The summed E-state index contributed by atoms with van der Waals surface area (Å²) in [7, 11) is 0. The van der Waals surface area contributed by atoms with Crippen molar-refractivity contribution >= 4 is 47.5 Å². The van der Waals surface area contributed by atoms with Crippen molar-refractivity contribution in [3.8, 4) is 11.3 Å². The highest BCUT2D eigenvalue weighted by Crippen LogP contribution is 2.29. The highest BCUT2D eigenvalue weighted by atomic mass is 35.5. The highest BCUT2D eigenvalue weighted by Gasteiger charge is 2.19. The Hall–Kier alpha value is -2.61. The van der Waals surface area contributed by atoms with Crippen LogP contribution in [-0.4, -0.2) is 26.8 Å². The van der Waals surface area contributed by atoms with Crippen LogP contribution in [0.4, 0.5) is 4.39 Å². The van der Waals surface area contributed by atoms with Crippen molar-refractivity contribution in [2.75, 3.05) is 6.54 Å². The summed E-state index contributed by atoms with van der Waals surface area (Å²) < 4.78 is 16.6. The Morgan fingerprint density at radius 2 is 2.03 bits per heavy atom. The van der Waals surface area contributed by atoms with Gasteiger partial charge in [-0.05, 0) is 55.3 Å². The summed E-state index contributed by atoms with van der Waals surface area (Å²) in [6.45, 7) is 0.979. The fraction of sp³-hybridized carbons (Fsp3) is 0.200. The van der Waals surface area contributed by atoms with Crippen LogP contribution in [0.3, 0.4) is 0 Å². The van der Waals surface area contributed by atoms with Gasteiger partial charge in [-0.2, -0.15) is 0 Å². The van der Waals surface area contributed by atoms with E-state index >= 15 is 0 Å². The average Bonchev–Trinajstić information content (AvgIpc) is 3.37. The SMILES string of the molecule is Cl.Cl.NC(=O)c1ccc2c(c1)nc1[nH]c(-c3ccc([C@@H]4CCCN4)cc3F)cn12. The van der Waals surface area contributed by atoms with Gasteiger partial charge in [-0.3, -0.25) is 9.20 Å². The van der Waals surface area contributed by atoms with Gasteiger partial charge in [0.1, 0.15) is 5.82 Å². The largest absolute Gasteiger partial charge is 0.366 e. The molecule has 2 aromatic heterocycles. The molecule has 1 aliphatic rings. The van der Waals surface area contributed by atoms with Gasteiger partial charge in [0.15, 0.2) is 0 Å². The number of nitrogens with zero attached hydrogens (tertiary/aromatic N) is 2. The van der Waals surface area contributed by atoms with E-state index in [4.69, 9.17) is 5.73 Å². The number of aromatic amines is 1. The number of benzene rings is 2. The Bertz CT molecular complexity index is 1200. The first-order chi connectivity index (χ1) is 13.1. The number of imidazole rings is 2. The van der Waals surface area contributed by atoms with Crippen LogP contribution in [-0.2, 0) is 0 Å². The Morgan fingerprint density at radius 3 is 2.72 bits per heavy atom. The number of hydrogen-bond donors (Lipinski definition) is 3. The molecular formula is C20H20Cl2FN5O. The predicted octanol–water partition coefficient (Wildman–Crippen LogP) is 3.99. The summed E-state index contributed by atoms with van der Waals surface area (Å²) in [4.78, 5) is 19.0. The van der Waals surface area contributed by atoms with Crippen molar-refractivity contribution in [3.05, 3.63) is 59.5 Å². The lowest BCUT2D eigenvalue weighted by molar-refractivity contribution is 0.100. The van der Waals surface area contributed by atoms with Crippen LogP contribution in [0.2, 0.25) is 0 Å². The fourth-order valence-corrected chi connectivity index (χ4v) is 3.83. The molecule has 3 heterocycles. The number of hydrogen-bond acceptors (Lipinski definition) is 3. The molecule has 0 aliphatic carbocycles. The predicted molar refractivity (Wildman–Crippen MR) is 115 cm³/mol. The number of H-pyrrole nitrogens is 1. The Kier molecular flexibility index (Phi) is 5.84. The van der Waals surface area contributed by atoms with Gasteiger partial charge in [-0.1, -0.05) is 6.07 Å². The Balaban J connectivity index is 0.00000120. The molecule has 1 atom stereocenters. The van der Waals surface area contributed by atoms with Crippen molar-refractivity contribution in [2.45, 2.75) is 18.9 Å². The molecule has 1 saturated heterocycles. The molecule has 4 aromatic rings. The summed E-state index contributed by atoms with van der Waals surface area (Å²) >= 11 is 0. The number of nitrogens with two attached hydrogens (primary N) is 1. The number of fused-ring (bicyclic) bond motifs is 3. The number of halogens is 3. The molecule has 4 N–H and O–H groups in total. The number of nitrogens with one attached hydrogen (secondary N) is 2. The molecule has 0 spiro atoms. The molecule has 9 heteroatoms. The first-order valence-electron chi connectivity index (χ1n) is 8.94. The van der Waals surface area contributed by atoms with E-state index < -0.39 is 5.91 Å². The molecule has 1 aliphatic heterocycles. The summed E-state index contributed by atoms with van der Waals surface area (Å²) in [5.41, 5.74) is 9.35. The molecule has 0 saturated carbocycles. The summed E-state index contributed by atoms with van der Waals surface area (Å²) in [6, 6.07) is 10.7. The quantitative estimate of drug-likeness (QED) is 0.454. The Labute approximate surface area is 178 Å². The first-order valence-corrected chi connectivity index (χ1v) is 8.94. The molecule has 0 radical (unpaired) electrons. The van der Waals surface area contributed by atoms with E-state index in [-0.39, 0.29) is 36.7 Å². The molecule has 5 rings (SSSR count). The zero-order valence-corrected chi connectivity index (χ0v) is 16.9. The third-order valence-corrected chi connectivity index (χ3v) is 5.22. The molecule has 2 aromatic carbocycles. The lowest BCUT2D eigenvalue weighted by Crippen LogP contribution is -2.12. The van der Waals surface area contributed by atoms with Crippen molar-refractivity contribution in [1.29, 1.82) is 0 Å². The van der Waals surface area contributed by atoms with Crippen LogP contribution in [0.25, 0.3) is 28.1 Å². The van der Waals surface area contributed by atoms with E-state index in [9.17, 15) is 9.18 Å². The maximum Gasteiger partial charge on any atom is 0.248 e. The second-order valence-electron chi connectivity index (χ2n) is 6.93. The third-order valence-electron chi connectivity index (χ3n) is 5.22. The monoisotopic (exact) mass is 435 g/mol. The molecule has 152 valence electrons. The standard InChI is InChI=1S/C20H18FN5O.2ClH/c21-14-8-11(15-2-1-7-23-15)3-5-13(14)17-10-26-18-6-4-12(19(22)27)9-16(18)24-20(26)25-17;;/h3-6,8-10,15,23H,1-2,7H2,(H2,22,27)(H,24,25);2*1H/t15-;;/m0../s1. The van der Waals surface area contributed by atoms with Gasteiger partial charge in [0, 0.05) is 23.4 Å². The van der Waals surface area contributed by atoms with Crippen LogP contribution in [0.1, 0.15) is 34.8 Å². The van der Waals surface area contributed by atoms with Crippen LogP contribution in [0, 0.1) is 5.82 Å². The van der Waals surface area contributed by atoms with Gasteiger partial charge in [-0.15, -0.1) is 24.8 Å². The summed E-state index contributed by atoms with van der Waals surface area (Å²) in [6.07, 6.45) is 3.97.